The summed E-state index contributed by atoms with van der Waals surface area (Å²) in [4.78, 5) is 0. The highest BCUT2D eigenvalue weighted by molar-refractivity contribution is 9.09. The van der Waals surface area contributed by atoms with Gasteiger partial charge in [-0.05, 0) is 10.4 Å². The van der Waals surface area contributed by atoms with E-state index in [9.17, 15) is 0 Å². The van der Waals surface area contributed by atoms with E-state index in [-0.39, 0.29) is 0 Å². The van der Waals surface area contributed by atoms with Gasteiger partial charge in [-0.1, -0.05) is 76.6 Å². The van der Waals surface area contributed by atoms with Crippen LogP contribution in [0, 0.1) is 0 Å². The van der Waals surface area contributed by atoms with E-state index >= 15 is 0 Å². The second kappa shape index (κ2) is 6.74. The number of alkyl halides is 1. The van der Waals surface area contributed by atoms with Crippen molar-refractivity contribution in [2.45, 2.75) is 0 Å². The van der Waals surface area contributed by atoms with Crippen molar-refractivity contribution in [1.82, 2.24) is 0 Å². The third-order valence-corrected chi connectivity index (χ3v) is 4.93. The predicted octanol–water partition coefficient (Wildman–Crippen LogP) is 2.20. The quantitative estimate of drug-likeness (QED) is 0.608. The highest BCUT2D eigenvalue weighted by atomic mass is 79.9. The van der Waals surface area contributed by atoms with Crippen LogP contribution in [0.15, 0.2) is 60.7 Å². The SMILES string of the molecule is BrCCO[Si](c1ccccc1)c1ccccc1. The second-order valence-electron chi connectivity index (χ2n) is 3.60. The van der Waals surface area contributed by atoms with Crippen LogP contribution in [0.3, 0.4) is 0 Å². The Morgan fingerprint density at radius 1 is 0.824 bits per heavy atom. The highest BCUT2D eigenvalue weighted by Crippen LogP contribution is 1.95. The van der Waals surface area contributed by atoms with Crippen molar-refractivity contribution in [2.75, 3.05) is 11.9 Å². The molecule has 0 bridgehead atoms. The van der Waals surface area contributed by atoms with E-state index in [1.165, 1.54) is 10.4 Å². The van der Waals surface area contributed by atoms with Crippen LogP contribution < -0.4 is 10.4 Å². The molecule has 0 aliphatic heterocycles. The third kappa shape index (κ3) is 3.53. The molecule has 0 saturated heterocycles. The minimum atomic E-state index is -1.09. The van der Waals surface area contributed by atoms with Gasteiger partial charge in [-0.3, -0.25) is 0 Å². The zero-order valence-corrected chi connectivity index (χ0v) is 12.1. The zero-order valence-electron chi connectivity index (χ0n) is 9.47. The molecule has 0 heterocycles. The number of hydrogen-bond donors (Lipinski definition) is 0. The number of halogens is 1. The van der Waals surface area contributed by atoms with Crippen LogP contribution in [0.5, 0.6) is 0 Å². The molecule has 1 nitrogen and oxygen atoms in total. The Balaban J connectivity index is 2.26. The molecule has 3 heteroatoms. The van der Waals surface area contributed by atoms with E-state index in [1.54, 1.807) is 0 Å². The summed E-state index contributed by atoms with van der Waals surface area (Å²) in [6, 6.07) is 21.0. The van der Waals surface area contributed by atoms with Crippen LogP contribution in [0.1, 0.15) is 0 Å². The van der Waals surface area contributed by atoms with Crippen LogP contribution >= 0.6 is 15.9 Å². The van der Waals surface area contributed by atoms with Gasteiger partial charge in [0.1, 0.15) is 0 Å². The Bertz CT molecular complexity index is 393. The van der Waals surface area contributed by atoms with E-state index in [2.05, 4.69) is 64.5 Å². The Labute approximate surface area is 112 Å². The van der Waals surface area contributed by atoms with E-state index in [1.807, 2.05) is 12.1 Å². The maximum Gasteiger partial charge on any atom is 0.282 e. The lowest BCUT2D eigenvalue weighted by atomic mass is 10.4. The molecular formula is C14H14BrOSi. The fourth-order valence-corrected chi connectivity index (χ4v) is 4.08. The van der Waals surface area contributed by atoms with Crippen molar-refractivity contribution in [3.05, 3.63) is 60.7 Å². The lowest BCUT2D eigenvalue weighted by Crippen LogP contribution is -2.45. The molecule has 0 aliphatic carbocycles. The third-order valence-electron chi connectivity index (χ3n) is 2.40. The summed E-state index contributed by atoms with van der Waals surface area (Å²) < 4.78 is 6.02. The number of hydrogen-bond acceptors (Lipinski definition) is 1. The van der Waals surface area contributed by atoms with Crippen LogP contribution in [-0.4, -0.2) is 21.0 Å². The van der Waals surface area contributed by atoms with Gasteiger partial charge in [0.25, 0.3) is 9.04 Å². The second-order valence-corrected chi connectivity index (χ2v) is 6.49. The van der Waals surface area contributed by atoms with Crippen LogP contribution in [0.2, 0.25) is 0 Å². The maximum atomic E-state index is 6.02. The fourth-order valence-electron chi connectivity index (χ4n) is 1.65. The highest BCUT2D eigenvalue weighted by Gasteiger charge is 2.18. The molecule has 0 aliphatic rings. The first kappa shape index (κ1) is 12.6. The van der Waals surface area contributed by atoms with Crippen LogP contribution in [0.4, 0.5) is 0 Å². The van der Waals surface area contributed by atoms with Crippen molar-refractivity contribution in [3.8, 4) is 0 Å². The Morgan fingerprint density at radius 3 is 1.71 bits per heavy atom. The van der Waals surface area contributed by atoms with Gasteiger partial charge < -0.3 is 4.43 Å². The van der Waals surface area contributed by atoms with Gasteiger partial charge in [-0.2, -0.15) is 0 Å². The summed E-state index contributed by atoms with van der Waals surface area (Å²) in [7, 11) is -1.09. The first-order valence-corrected chi connectivity index (χ1v) is 8.11. The first-order valence-electron chi connectivity index (χ1n) is 5.58. The molecule has 2 rings (SSSR count). The molecule has 0 atom stereocenters. The summed E-state index contributed by atoms with van der Waals surface area (Å²) in [5, 5.41) is 3.47. The standard InChI is InChI=1S/C14H14BrOSi/c15-11-12-16-17(13-7-3-1-4-8-13)14-9-5-2-6-10-14/h1-10H,11-12H2. The van der Waals surface area contributed by atoms with Gasteiger partial charge >= 0.3 is 0 Å². The largest absolute Gasteiger partial charge is 0.407 e. The molecule has 0 N–H and O–H groups in total. The lowest BCUT2D eigenvalue weighted by Gasteiger charge is -2.15. The molecule has 0 unspecified atom stereocenters. The summed E-state index contributed by atoms with van der Waals surface area (Å²) in [6.45, 7) is 0.748. The molecule has 0 saturated carbocycles. The Morgan fingerprint density at radius 2 is 1.29 bits per heavy atom. The Kier molecular flexibility index (Phi) is 4.98. The van der Waals surface area contributed by atoms with E-state index in [0.29, 0.717) is 0 Å². The lowest BCUT2D eigenvalue weighted by molar-refractivity contribution is 0.363. The van der Waals surface area contributed by atoms with Crippen LogP contribution in [-0.2, 0) is 4.43 Å². The predicted molar refractivity (Wildman–Crippen MR) is 77.7 cm³/mol. The van der Waals surface area contributed by atoms with Crippen LogP contribution in [0.25, 0.3) is 0 Å². The summed E-state index contributed by atoms with van der Waals surface area (Å²) >= 11 is 3.41. The summed E-state index contributed by atoms with van der Waals surface area (Å²) in [5.41, 5.74) is 0. The maximum absolute atomic E-state index is 6.02. The average molecular weight is 306 g/mol. The van der Waals surface area contributed by atoms with Gasteiger partial charge in [0.15, 0.2) is 0 Å². The topological polar surface area (TPSA) is 9.23 Å². The Hall–Kier alpha value is -0.903. The molecule has 1 radical (unpaired) electrons. The molecule has 0 fully saturated rings. The monoisotopic (exact) mass is 305 g/mol. The zero-order chi connectivity index (χ0) is 11.9. The summed E-state index contributed by atoms with van der Waals surface area (Å²) in [6.07, 6.45) is 0. The van der Waals surface area contributed by atoms with Gasteiger partial charge in [0.05, 0.1) is 0 Å². The molecule has 0 aromatic heterocycles. The van der Waals surface area contributed by atoms with E-state index < -0.39 is 9.04 Å². The van der Waals surface area contributed by atoms with Crippen molar-refractivity contribution in [2.24, 2.45) is 0 Å². The van der Waals surface area contributed by atoms with E-state index in [0.717, 1.165) is 11.9 Å². The molecule has 0 amide bonds. The number of benzene rings is 2. The van der Waals surface area contributed by atoms with Gasteiger partial charge in [0.2, 0.25) is 0 Å². The fraction of sp³-hybridized carbons (Fsp3) is 0.143. The van der Waals surface area contributed by atoms with E-state index in [4.69, 9.17) is 4.43 Å². The van der Waals surface area contributed by atoms with Crippen molar-refractivity contribution < 1.29 is 4.43 Å². The summed E-state index contributed by atoms with van der Waals surface area (Å²) in [5.74, 6) is 0. The first-order chi connectivity index (χ1) is 8.42. The van der Waals surface area contributed by atoms with Gasteiger partial charge in [0, 0.05) is 11.9 Å². The molecule has 2 aromatic rings. The minimum Gasteiger partial charge on any atom is -0.407 e. The van der Waals surface area contributed by atoms with Gasteiger partial charge in [-0.15, -0.1) is 0 Å². The average Bonchev–Trinajstić information content (AvgIpc) is 2.42. The van der Waals surface area contributed by atoms with Crippen molar-refractivity contribution in [3.63, 3.8) is 0 Å². The van der Waals surface area contributed by atoms with Gasteiger partial charge in [-0.25, -0.2) is 0 Å². The molecule has 87 valence electrons. The molecule has 0 spiro atoms. The number of rotatable bonds is 5. The normalized spacial score (nSPS) is 10.7. The minimum absolute atomic E-state index is 0.748. The van der Waals surface area contributed by atoms with Crippen molar-refractivity contribution in [1.29, 1.82) is 0 Å². The molecular weight excluding hydrogens is 292 g/mol. The van der Waals surface area contributed by atoms with Crippen molar-refractivity contribution >= 4 is 35.3 Å². The molecule has 2 aromatic carbocycles. The smallest absolute Gasteiger partial charge is 0.282 e. The molecule has 17 heavy (non-hydrogen) atoms.